The number of halogens is 1. The van der Waals surface area contributed by atoms with Crippen LogP contribution in [0.2, 0.25) is 5.02 Å². The summed E-state index contributed by atoms with van der Waals surface area (Å²) in [6.45, 7) is 7.92. The van der Waals surface area contributed by atoms with E-state index in [1.807, 2.05) is 12.1 Å². The second-order valence-electron chi connectivity index (χ2n) is 5.03. The molecule has 0 aliphatic heterocycles. The van der Waals surface area contributed by atoms with Gasteiger partial charge in [-0.05, 0) is 56.3 Å². The molecule has 1 rings (SSSR count). The van der Waals surface area contributed by atoms with Crippen LogP contribution < -0.4 is 5.32 Å². The van der Waals surface area contributed by atoms with Crippen molar-refractivity contribution < 1.29 is 0 Å². The molecule has 1 aromatic rings. The maximum atomic E-state index is 5.88. The molecule has 0 fully saturated rings. The van der Waals surface area contributed by atoms with Crippen LogP contribution in [-0.2, 0) is 6.42 Å². The normalized spacial score (nSPS) is 14.6. The molecular weight excluding hydrogens is 230 g/mol. The SMILES string of the molecule is CCCNC(C)CC(C)Cc1ccc(Cl)cc1. The summed E-state index contributed by atoms with van der Waals surface area (Å²) in [6.07, 6.45) is 3.56. The number of hydrogen-bond donors (Lipinski definition) is 1. The molecule has 2 atom stereocenters. The lowest BCUT2D eigenvalue weighted by Gasteiger charge is -2.18. The molecule has 0 amide bonds. The summed E-state index contributed by atoms with van der Waals surface area (Å²) >= 11 is 5.88. The van der Waals surface area contributed by atoms with E-state index in [1.165, 1.54) is 18.4 Å². The molecule has 0 radical (unpaired) electrons. The van der Waals surface area contributed by atoms with Crippen molar-refractivity contribution >= 4 is 11.6 Å². The summed E-state index contributed by atoms with van der Waals surface area (Å²) < 4.78 is 0. The highest BCUT2D eigenvalue weighted by Crippen LogP contribution is 2.16. The zero-order valence-electron chi connectivity index (χ0n) is 11.2. The van der Waals surface area contributed by atoms with Gasteiger partial charge in [0.15, 0.2) is 0 Å². The molecule has 2 heteroatoms. The van der Waals surface area contributed by atoms with Gasteiger partial charge in [-0.3, -0.25) is 0 Å². The average Bonchev–Trinajstić information content (AvgIpc) is 2.29. The molecule has 2 unspecified atom stereocenters. The monoisotopic (exact) mass is 253 g/mol. The molecule has 0 saturated heterocycles. The summed E-state index contributed by atoms with van der Waals surface area (Å²) in [5, 5.41) is 4.36. The molecule has 0 aliphatic carbocycles. The predicted octanol–water partition coefficient (Wildman–Crippen LogP) is 4.30. The van der Waals surface area contributed by atoms with Gasteiger partial charge in [0.1, 0.15) is 0 Å². The third-order valence-corrected chi connectivity index (χ3v) is 3.25. The van der Waals surface area contributed by atoms with Crippen molar-refractivity contribution in [3.8, 4) is 0 Å². The number of rotatable bonds is 7. The highest BCUT2D eigenvalue weighted by atomic mass is 35.5. The summed E-state index contributed by atoms with van der Waals surface area (Å²) in [6, 6.07) is 8.81. The van der Waals surface area contributed by atoms with Crippen molar-refractivity contribution in [1.82, 2.24) is 5.32 Å². The van der Waals surface area contributed by atoms with Gasteiger partial charge in [0.25, 0.3) is 0 Å². The number of nitrogens with one attached hydrogen (secondary N) is 1. The smallest absolute Gasteiger partial charge is 0.0406 e. The van der Waals surface area contributed by atoms with Crippen molar-refractivity contribution in [3.05, 3.63) is 34.9 Å². The van der Waals surface area contributed by atoms with E-state index in [1.54, 1.807) is 0 Å². The van der Waals surface area contributed by atoms with Crippen molar-refractivity contribution in [2.24, 2.45) is 5.92 Å². The van der Waals surface area contributed by atoms with E-state index in [0.29, 0.717) is 12.0 Å². The zero-order chi connectivity index (χ0) is 12.7. The Balaban J connectivity index is 2.33. The molecule has 1 aromatic carbocycles. The molecule has 96 valence electrons. The lowest BCUT2D eigenvalue weighted by atomic mass is 9.95. The Hall–Kier alpha value is -0.530. The van der Waals surface area contributed by atoms with E-state index in [2.05, 4.69) is 38.2 Å². The first-order valence-corrected chi connectivity index (χ1v) is 6.97. The van der Waals surface area contributed by atoms with Gasteiger partial charge in [0.2, 0.25) is 0 Å². The minimum absolute atomic E-state index is 0.609. The maximum Gasteiger partial charge on any atom is 0.0406 e. The van der Waals surface area contributed by atoms with Gasteiger partial charge in [-0.15, -0.1) is 0 Å². The van der Waals surface area contributed by atoms with Crippen LogP contribution in [0.15, 0.2) is 24.3 Å². The first kappa shape index (κ1) is 14.5. The van der Waals surface area contributed by atoms with Gasteiger partial charge >= 0.3 is 0 Å². The largest absolute Gasteiger partial charge is 0.314 e. The van der Waals surface area contributed by atoms with Gasteiger partial charge in [0.05, 0.1) is 0 Å². The molecule has 1 nitrogen and oxygen atoms in total. The van der Waals surface area contributed by atoms with Gasteiger partial charge in [-0.1, -0.05) is 37.6 Å². The Morgan fingerprint density at radius 2 is 1.82 bits per heavy atom. The van der Waals surface area contributed by atoms with Crippen LogP contribution in [0.25, 0.3) is 0 Å². The second kappa shape index (κ2) is 7.73. The predicted molar refractivity (Wildman–Crippen MR) is 76.7 cm³/mol. The van der Waals surface area contributed by atoms with E-state index >= 15 is 0 Å². The Kier molecular flexibility index (Phi) is 6.61. The van der Waals surface area contributed by atoms with Crippen LogP contribution >= 0.6 is 11.6 Å². The van der Waals surface area contributed by atoms with E-state index in [0.717, 1.165) is 18.0 Å². The molecule has 0 spiro atoms. The lowest BCUT2D eigenvalue weighted by Crippen LogP contribution is -2.28. The van der Waals surface area contributed by atoms with Gasteiger partial charge < -0.3 is 5.32 Å². The standard InChI is InChI=1S/C15H24ClN/c1-4-9-17-13(3)10-12(2)11-14-5-7-15(16)8-6-14/h5-8,12-13,17H,4,9-11H2,1-3H3. The fourth-order valence-corrected chi connectivity index (χ4v) is 2.31. The number of hydrogen-bond acceptors (Lipinski definition) is 1. The minimum Gasteiger partial charge on any atom is -0.314 e. The van der Waals surface area contributed by atoms with Gasteiger partial charge in [-0.2, -0.15) is 0 Å². The molecule has 0 aromatic heterocycles. The fourth-order valence-electron chi connectivity index (χ4n) is 2.18. The van der Waals surface area contributed by atoms with Crippen LogP contribution in [-0.4, -0.2) is 12.6 Å². The minimum atomic E-state index is 0.609. The van der Waals surface area contributed by atoms with E-state index in [4.69, 9.17) is 11.6 Å². The highest BCUT2D eigenvalue weighted by Gasteiger charge is 2.08. The first-order valence-electron chi connectivity index (χ1n) is 6.59. The maximum absolute atomic E-state index is 5.88. The summed E-state index contributed by atoms with van der Waals surface area (Å²) in [7, 11) is 0. The summed E-state index contributed by atoms with van der Waals surface area (Å²) in [5.41, 5.74) is 1.38. The van der Waals surface area contributed by atoms with Crippen LogP contribution in [0, 0.1) is 5.92 Å². The fraction of sp³-hybridized carbons (Fsp3) is 0.600. The van der Waals surface area contributed by atoms with E-state index in [-0.39, 0.29) is 0 Å². The molecule has 0 bridgehead atoms. The van der Waals surface area contributed by atoms with Crippen molar-refractivity contribution in [2.45, 2.75) is 46.1 Å². The van der Waals surface area contributed by atoms with Crippen molar-refractivity contribution in [3.63, 3.8) is 0 Å². The molecular formula is C15H24ClN. The molecule has 0 heterocycles. The third kappa shape index (κ3) is 6.09. The summed E-state index contributed by atoms with van der Waals surface area (Å²) in [4.78, 5) is 0. The Bertz CT molecular complexity index is 307. The van der Waals surface area contributed by atoms with Crippen LogP contribution in [0.3, 0.4) is 0 Å². The second-order valence-corrected chi connectivity index (χ2v) is 5.46. The summed E-state index contributed by atoms with van der Waals surface area (Å²) in [5.74, 6) is 0.704. The Morgan fingerprint density at radius 1 is 1.18 bits per heavy atom. The zero-order valence-corrected chi connectivity index (χ0v) is 11.9. The number of benzene rings is 1. The molecule has 0 saturated carbocycles. The van der Waals surface area contributed by atoms with Crippen LogP contribution in [0.1, 0.15) is 39.2 Å². The average molecular weight is 254 g/mol. The van der Waals surface area contributed by atoms with E-state index in [9.17, 15) is 0 Å². The van der Waals surface area contributed by atoms with Gasteiger partial charge in [-0.25, -0.2) is 0 Å². The first-order chi connectivity index (χ1) is 8.11. The van der Waals surface area contributed by atoms with Gasteiger partial charge in [0, 0.05) is 11.1 Å². The highest BCUT2D eigenvalue weighted by molar-refractivity contribution is 6.30. The topological polar surface area (TPSA) is 12.0 Å². The van der Waals surface area contributed by atoms with E-state index < -0.39 is 0 Å². The molecule has 0 aliphatic rings. The lowest BCUT2D eigenvalue weighted by molar-refractivity contribution is 0.420. The third-order valence-electron chi connectivity index (χ3n) is 3.00. The van der Waals surface area contributed by atoms with Crippen LogP contribution in [0.4, 0.5) is 0 Å². The Morgan fingerprint density at radius 3 is 2.41 bits per heavy atom. The molecule has 1 N–H and O–H groups in total. The quantitative estimate of drug-likeness (QED) is 0.764. The van der Waals surface area contributed by atoms with Crippen LogP contribution in [0.5, 0.6) is 0 Å². The molecule has 17 heavy (non-hydrogen) atoms. The van der Waals surface area contributed by atoms with Crippen molar-refractivity contribution in [1.29, 1.82) is 0 Å². The van der Waals surface area contributed by atoms with Crippen molar-refractivity contribution in [2.75, 3.05) is 6.54 Å². The Labute approximate surface area is 111 Å².